The zero-order chi connectivity index (χ0) is 16.2. The molecule has 1 unspecified atom stereocenters. The van der Waals surface area contributed by atoms with Crippen molar-refractivity contribution >= 4 is 17.3 Å². The molecule has 2 aliphatic rings. The Bertz CT molecular complexity index is 628. The molecule has 1 aromatic carbocycles. The summed E-state index contributed by atoms with van der Waals surface area (Å²) in [5, 5.41) is 13.4. The Morgan fingerprint density at radius 3 is 2.61 bits per heavy atom. The van der Waals surface area contributed by atoms with Gasteiger partial charge in [-0.15, -0.1) is 0 Å². The number of carbonyl (C=O) groups is 1. The van der Waals surface area contributed by atoms with Crippen molar-refractivity contribution < 1.29 is 9.90 Å². The molecule has 0 radical (unpaired) electrons. The summed E-state index contributed by atoms with van der Waals surface area (Å²) < 4.78 is 0. The van der Waals surface area contributed by atoms with Crippen molar-refractivity contribution in [1.82, 2.24) is 5.32 Å². The maximum atomic E-state index is 12.3. The fourth-order valence-electron chi connectivity index (χ4n) is 3.62. The van der Waals surface area contributed by atoms with Gasteiger partial charge in [0.25, 0.3) is 5.91 Å². The molecule has 4 nitrogen and oxygen atoms in total. The summed E-state index contributed by atoms with van der Waals surface area (Å²) in [4.78, 5) is 16.7. The minimum atomic E-state index is -0.249. The molecule has 1 heterocycles. The fraction of sp³-hybridized carbons (Fsp3) is 0.474. The number of aliphatic hydroxyl groups excluding tert-OH is 1. The van der Waals surface area contributed by atoms with Gasteiger partial charge in [-0.05, 0) is 31.4 Å². The van der Waals surface area contributed by atoms with Crippen LogP contribution in [0, 0.1) is 5.92 Å². The van der Waals surface area contributed by atoms with Gasteiger partial charge in [-0.2, -0.15) is 0 Å². The van der Waals surface area contributed by atoms with Crippen molar-refractivity contribution in [2.75, 3.05) is 0 Å². The first kappa shape index (κ1) is 15.8. The monoisotopic (exact) mass is 312 g/mol. The molecule has 1 atom stereocenters. The molecule has 23 heavy (non-hydrogen) atoms. The number of aliphatic imine (C=N–C) groups is 1. The maximum absolute atomic E-state index is 12.3. The van der Waals surface area contributed by atoms with E-state index in [0.717, 1.165) is 12.1 Å². The van der Waals surface area contributed by atoms with Crippen molar-refractivity contribution in [2.24, 2.45) is 10.9 Å². The predicted octanol–water partition coefficient (Wildman–Crippen LogP) is 4.06. The molecule has 4 heteroatoms. The van der Waals surface area contributed by atoms with E-state index in [-0.39, 0.29) is 17.7 Å². The second-order valence-electron chi connectivity index (χ2n) is 6.56. The number of nitrogens with zero attached hydrogens (tertiary/aromatic N) is 1. The van der Waals surface area contributed by atoms with Gasteiger partial charge in [0.1, 0.15) is 11.3 Å². The molecule has 2 N–H and O–H groups in total. The van der Waals surface area contributed by atoms with E-state index in [0.29, 0.717) is 17.2 Å². The quantitative estimate of drug-likeness (QED) is 0.824. The van der Waals surface area contributed by atoms with E-state index in [1.165, 1.54) is 32.1 Å². The second-order valence-corrected chi connectivity index (χ2v) is 6.56. The highest BCUT2D eigenvalue weighted by molar-refractivity contribution is 6.23. The van der Waals surface area contributed by atoms with E-state index in [1.54, 1.807) is 6.92 Å². The van der Waals surface area contributed by atoms with E-state index in [4.69, 9.17) is 0 Å². The highest BCUT2D eigenvalue weighted by atomic mass is 16.3. The summed E-state index contributed by atoms with van der Waals surface area (Å²) in [5.41, 5.74) is 1.70. The van der Waals surface area contributed by atoms with Crippen molar-refractivity contribution in [1.29, 1.82) is 0 Å². The Kier molecular flexibility index (Phi) is 4.79. The van der Waals surface area contributed by atoms with Crippen LogP contribution in [0.2, 0.25) is 0 Å². The SMILES string of the molecule is CC(=Nc1ccccc1)C1=C(O)C(CC2CCCCC2)NC1=O. The summed E-state index contributed by atoms with van der Waals surface area (Å²) in [7, 11) is 0. The first-order valence-electron chi connectivity index (χ1n) is 8.50. The Hall–Kier alpha value is -2.10. The number of carbonyl (C=O) groups excluding carboxylic acids is 1. The highest BCUT2D eigenvalue weighted by Crippen LogP contribution is 2.31. The maximum Gasteiger partial charge on any atom is 0.257 e. The van der Waals surface area contributed by atoms with Crippen LogP contribution in [-0.2, 0) is 4.79 Å². The molecular formula is C19H24N2O2. The molecule has 1 amide bonds. The third-order valence-electron chi connectivity index (χ3n) is 4.83. The van der Waals surface area contributed by atoms with E-state index < -0.39 is 0 Å². The smallest absolute Gasteiger partial charge is 0.257 e. The Morgan fingerprint density at radius 2 is 1.91 bits per heavy atom. The van der Waals surface area contributed by atoms with Crippen LogP contribution in [0.1, 0.15) is 45.4 Å². The third kappa shape index (κ3) is 3.63. The van der Waals surface area contributed by atoms with Crippen LogP contribution >= 0.6 is 0 Å². The lowest BCUT2D eigenvalue weighted by Gasteiger charge is -2.24. The lowest BCUT2D eigenvalue weighted by Crippen LogP contribution is -2.31. The molecule has 1 aliphatic heterocycles. The number of hydrogen-bond acceptors (Lipinski definition) is 3. The van der Waals surface area contributed by atoms with E-state index in [2.05, 4.69) is 10.3 Å². The normalized spacial score (nSPS) is 23.3. The van der Waals surface area contributed by atoms with Gasteiger partial charge in [0.2, 0.25) is 0 Å². The van der Waals surface area contributed by atoms with E-state index in [1.807, 2.05) is 30.3 Å². The van der Waals surface area contributed by atoms with Gasteiger partial charge in [0, 0.05) is 0 Å². The van der Waals surface area contributed by atoms with Crippen LogP contribution in [0.15, 0.2) is 46.7 Å². The largest absolute Gasteiger partial charge is 0.509 e. The fourth-order valence-corrected chi connectivity index (χ4v) is 3.62. The van der Waals surface area contributed by atoms with Crippen LogP contribution in [0.4, 0.5) is 5.69 Å². The summed E-state index contributed by atoms with van der Waals surface area (Å²) >= 11 is 0. The molecule has 122 valence electrons. The first-order chi connectivity index (χ1) is 11.1. The van der Waals surface area contributed by atoms with Crippen molar-refractivity contribution in [3.63, 3.8) is 0 Å². The van der Waals surface area contributed by atoms with E-state index in [9.17, 15) is 9.90 Å². The number of aliphatic hydroxyl groups is 1. The molecule has 0 saturated heterocycles. The number of para-hydroxylation sites is 1. The minimum Gasteiger partial charge on any atom is -0.509 e. The third-order valence-corrected chi connectivity index (χ3v) is 4.83. The summed E-state index contributed by atoms with van der Waals surface area (Å²) in [6, 6.07) is 9.25. The molecule has 1 aliphatic carbocycles. The van der Waals surface area contributed by atoms with Crippen LogP contribution in [0.25, 0.3) is 0 Å². The minimum absolute atomic E-state index is 0.165. The van der Waals surface area contributed by atoms with Gasteiger partial charge >= 0.3 is 0 Å². The Balaban J connectivity index is 1.77. The Morgan fingerprint density at radius 1 is 1.22 bits per heavy atom. The van der Waals surface area contributed by atoms with Crippen molar-refractivity contribution in [3.05, 3.63) is 41.7 Å². The van der Waals surface area contributed by atoms with Gasteiger partial charge in [0.15, 0.2) is 0 Å². The summed E-state index contributed by atoms with van der Waals surface area (Å²) in [6.07, 6.45) is 7.07. The lowest BCUT2D eigenvalue weighted by atomic mass is 9.84. The standard InChI is InChI=1S/C19H24N2O2/c1-13(20-15-10-6-3-7-11-15)17-18(22)16(21-19(17)23)12-14-8-4-2-5-9-14/h3,6-7,10-11,14,16,22H,2,4-5,8-9,12H2,1H3,(H,21,23). The molecule has 1 aromatic rings. The second kappa shape index (κ2) is 6.99. The lowest BCUT2D eigenvalue weighted by molar-refractivity contribution is -0.116. The zero-order valence-electron chi connectivity index (χ0n) is 13.6. The Labute approximate surface area is 137 Å². The first-order valence-corrected chi connectivity index (χ1v) is 8.50. The average Bonchev–Trinajstić information content (AvgIpc) is 2.83. The van der Waals surface area contributed by atoms with Gasteiger partial charge in [0.05, 0.1) is 17.4 Å². The zero-order valence-corrected chi connectivity index (χ0v) is 13.6. The molecule has 3 rings (SSSR count). The summed E-state index contributed by atoms with van der Waals surface area (Å²) in [5.74, 6) is 0.556. The molecule has 0 bridgehead atoms. The number of rotatable bonds is 4. The van der Waals surface area contributed by atoms with E-state index >= 15 is 0 Å². The molecule has 1 fully saturated rings. The van der Waals surface area contributed by atoms with Crippen molar-refractivity contribution in [3.8, 4) is 0 Å². The number of nitrogens with one attached hydrogen (secondary N) is 1. The number of amides is 1. The predicted molar refractivity (Wildman–Crippen MR) is 92.0 cm³/mol. The van der Waals surface area contributed by atoms with Crippen LogP contribution in [-0.4, -0.2) is 22.8 Å². The number of benzene rings is 1. The van der Waals surface area contributed by atoms with Gasteiger partial charge in [-0.3, -0.25) is 9.79 Å². The molecule has 0 spiro atoms. The molecular weight excluding hydrogens is 288 g/mol. The van der Waals surface area contributed by atoms with Crippen LogP contribution in [0.5, 0.6) is 0 Å². The summed E-state index contributed by atoms with van der Waals surface area (Å²) in [6.45, 7) is 1.78. The molecule has 0 aromatic heterocycles. The van der Waals surface area contributed by atoms with Crippen molar-refractivity contribution in [2.45, 2.75) is 51.5 Å². The van der Waals surface area contributed by atoms with Gasteiger partial charge in [-0.25, -0.2) is 0 Å². The topological polar surface area (TPSA) is 61.7 Å². The van der Waals surface area contributed by atoms with Crippen LogP contribution in [0.3, 0.4) is 0 Å². The highest BCUT2D eigenvalue weighted by Gasteiger charge is 2.34. The molecule has 1 saturated carbocycles. The van der Waals surface area contributed by atoms with Crippen LogP contribution < -0.4 is 5.32 Å². The van der Waals surface area contributed by atoms with Gasteiger partial charge < -0.3 is 10.4 Å². The number of hydrogen-bond donors (Lipinski definition) is 2. The van der Waals surface area contributed by atoms with Gasteiger partial charge in [-0.1, -0.05) is 50.3 Å². The average molecular weight is 312 g/mol.